The number of nitrogens with zero attached hydrogens (tertiary/aromatic N) is 4. The first kappa shape index (κ1) is 12.5. The molecule has 2 aromatic heterocycles. The van der Waals surface area contributed by atoms with Crippen LogP contribution in [0.4, 0.5) is 0 Å². The van der Waals surface area contributed by atoms with E-state index in [1.165, 1.54) is 6.07 Å². The molecule has 0 amide bonds. The van der Waals surface area contributed by atoms with Gasteiger partial charge in [0.05, 0.1) is 0 Å². The summed E-state index contributed by atoms with van der Waals surface area (Å²) in [6.07, 6.45) is 4.84. The van der Waals surface area contributed by atoms with Gasteiger partial charge in [-0.05, 0) is 23.2 Å². The van der Waals surface area contributed by atoms with Gasteiger partial charge in [0.2, 0.25) is 0 Å². The van der Waals surface area contributed by atoms with Crippen molar-refractivity contribution >= 4 is 11.1 Å². The molecule has 1 atom stereocenters. The molecule has 0 aliphatic heterocycles. The Labute approximate surface area is 110 Å². The fraction of sp³-hybridized carbons (Fsp3) is 0. The van der Waals surface area contributed by atoms with Crippen LogP contribution in [0.3, 0.4) is 0 Å². The predicted molar refractivity (Wildman–Crippen MR) is 46.3 cm³/mol. The average molecular weight is 232 g/mol. The van der Waals surface area contributed by atoms with Crippen molar-refractivity contribution in [3.63, 3.8) is 0 Å². The van der Waals surface area contributed by atoms with Crippen LogP contribution in [0.1, 0.15) is 0 Å². The third-order valence-corrected chi connectivity index (χ3v) is 2.12. The zero-order valence-corrected chi connectivity index (χ0v) is 10.7. The summed E-state index contributed by atoms with van der Waals surface area (Å²) in [7, 11) is 0. The van der Waals surface area contributed by atoms with Crippen LogP contribution in [0, 0.1) is 0 Å². The molecule has 0 radical (unpaired) electrons. The van der Waals surface area contributed by atoms with Crippen molar-refractivity contribution < 1.29 is 38.3 Å². The Hall–Kier alpha value is -0.600. The molecule has 0 fully saturated rings. The third-order valence-electron chi connectivity index (χ3n) is 1.57. The van der Waals surface area contributed by atoms with Gasteiger partial charge in [-0.3, -0.25) is 8.78 Å². The van der Waals surface area contributed by atoms with Gasteiger partial charge in [-0.1, -0.05) is 0 Å². The monoisotopic (exact) mass is 232 g/mol. The Morgan fingerprint density at radius 2 is 2.13 bits per heavy atom. The molecule has 0 aliphatic rings. The van der Waals surface area contributed by atoms with Gasteiger partial charge in [0, 0.05) is 12.4 Å². The topological polar surface area (TPSA) is 83.7 Å². The molecule has 8 heteroatoms. The molecule has 0 saturated carbocycles. The predicted octanol–water partition coefficient (Wildman–Crippen LogP) is -3.10. The van der Waals surface area contributed by atoms with E-state index in [1.807, 2.05) is 0 Å². The van der Waals surface area contributed by atoms with Crippen LogP contribution in [0.25, 0.3) is 5.82 Å². The summed E-state index contributed by atoms with van der Waals surface area (Å²) in [6.45, 7) is 0. The van der Waals surface area contributed by atoms with Crippen molar-refractivity contribution in [3.8, 4) is 5.82 Å². The summed E-state index contributed by atoms with van der Waals surface area (Å²) in [5.74, 6) is 0.525. The van der Waals surface area contributed by atoms with Crippen LogP contribution in [0.2, 0.25) is 0 Å². The van der Waals surface area contributed by atoms with E-state index >= 15 is 0 Å². The van der Waals surface area contributed by atoms with Gasteiger partial charge in [0.15, 0.2) is 5.82 Å². The number of hydrogen-bond acceptors (Lipinski definition) is 5. The summed E-state index contributed by atoms with van der Waals surface area (Å²) >= 11 is -2.33. The fourth-order valence-electron chi connectivity index (χ4n) is 0.934. The molecule has 0 bridgehead atoms. The Morgan fingerprint density at radius 3 is 2.60 bits per heavy atom. The van der Waals surface area contributed by atoms with Crippen molar-refractivity contribution in [3.05, 3.63) is 30.9 Å². The van der Waals surface area contributed by atoms with Gasteiger partial charge in [-0.25, -0.2) is 4.98 Å². The van der Waals surface area contributed by atoms with E-state index < -0.39 is 11.1 Å². The van der Waals surface area contributed by atoms with Gasteiger partial charge in [0.1, 0.15) is 11.4 Å². The largest absolute Gasteiger partial charge is 1.00 e. The molecule has 6 nitrogen and oxygen atoms in total. The van der Waals surface area contributed by atoms with E-state index in [0.717, 1.165) is 0 Å². The van der Waals surface area contributed by atoms with Crippen molar-refractivity contribution in [2.45, 2.75) is 5.03 Å². The van der Waals surface area contributed by atoms with Gasteiger partial charge in [0.25, 0.3) is 0 Å². The van der Waals surface area contributed by atoms with Crippen LogP contribution >= 0.6 is 0 Å². The van der Waals surface area contributed by atoms with Gasteiger partial charge >= 0.3 is 29.6 Å². The summed E-state index contributed by atoms with van der Waals surface area (Å²) < 4.78 is 22.6. The minimum Gasteiger partial charge on any atom is -0.767 e. The number of rotatable bonds is 2. The first-order valence-electron chi connectivity index (χ1n) is 3.69. The molecule has 0 aliphatic carbocycles. The van der Waals surface area contributed by atoms with Crippen LogP contribution < -0.4 is 29.6 Å². The van der Waals surface area contributed by atoms with Crippen molar-refractivity contribution in [1.82, 2.24) is 19.7 Å². The van der Waals surface area contributed by atoms with Crippen molar-refractivity contribution in [1.29, 1.82) is 0 Å². The maximum absolute atomic E-state index is 10.5. The number of imidazole rings is 1. The Morgan fingerprint density at radius 1 is 1.33 bits per heavy atom. The van der Waals surface area contributed by atoms with Crippen molar-refractivity contribution in [2.75, 3.05) is 0 Å². The second kappa shape index (κ2) is 5.47. The standard InChI is InChI=1S/C7H6N4O2S.Na/c12-14(13)7-2-1-6(9-10-7)11-4-3-8-5-11;/h1-5H,(H,12,13);/q;+1/p-1. The number of aromatic nitrogens is 4. The second-order valence-electron chi connectivity index (χ2n) is 2.43. The molecule has 2 rings (SSSR count). The summed E-state index contributed by atoms with van der Waals surface area (Å²) in [4.78, 5) is 3.83. The third kappa shape index (κ3) is 2.93. The molecule has 15 heavy (non-hydrogen) atoms. The first-order chi connectivity index (χ1) is 6.77. The molecule has 72 valence electrons. The van der Waals surface area contributed by atoms with Gasteiger partial charge in [-0.15, -0.1) is 10.2 Å². The Balaban J connectivity index is 0.00000112. The molecular formula is C7H5N4NaO2S. The molecule has 1 unspecified atom stereocenters. The minimum absolute atomic E-state index is 0. The normalized spacial score (nSPS) is 11.8. The van der Waals surface area contributed by atoms with Crippen molar-refractivity contribution in [2.24, 2.45) is 0 Å². The van der Waals surface area contributed by atoms with E-state index in [-0.39, 0.29) is 34.6 Å². The number of hydrogen-bond donors (Lipinski definition) is 0. The van der Waals surface area contributed by atoms with E-state index in [9.17, 15) is 8.76 Å². The molecular weight excluding hydrogens is 227 g/mol. The molecule has 2 heterocycles. The van der Waals surface area contributed by atoms with E-state index in [4.69, 9.17) is 0 Å². The minimum atomic E-state index is -2.33. The second-order valence-corrected chi connectivity index (χ2v) is 3.32. The maximum Gasteiger partial charge on any atom is 1.00 e. The van der Waals surface area contributed by atoms with Crippen LogP contribution in [-0.2, 0) is 11.1 Å². The van der Waals surface area contributed by atoms with E-state index in [0.29, 0.717) is 5.82 Å². The molecule has 0 spiro atoms. The van der Waals surface area contributed by atoms with E-state index in [1.54, 1.807) is 29.4 Å². The molecule has 0 saturated heterocycles. The molecule has 0 aromatic carbocycles. The Bertz CT molecular complexity index is 445. The quantitative estimate of drug-likeness (QED) is 0.404. The summed E-state index contributed by atoms with van der Waals surface area (Å²) in [5, 5.41) is 7.17. The maximum atomic E-state index is 10.5. The summed E-state index contributed by atoms with van der Waals surface area (Å²) in [5.41, 5.74) is 0. The smallest absolute Gasteiger partial charge is 0.767 e. The zero-order valence-electron chi connectivity index (χ0n) is 7.90. The van der Waals surface area contributed by atoms with Crippen LogP contribution in [0.5, 0.6) is 0 Å². The zero-order chi connectivity index (χ0) is 9.97. The van der Waals surface area contributed by atoms with Gasteiger partial charge in [-0.2, -0.15) is 0 Å². The van der Waals surface area contributed by atoms with Crippen LogP contribution in [0.15, 0.2) is 35.9 Å². The van der Waals surface area contributed by atoms with Gasteiger partial charge < -0.3 is 4.55 Å². The summed E-state index contributed by atoms with van der Waals surface area (Å²) in [6, 6.07) is 2.94. The van der Waals surface area contributed by atoms with Crippen LogP contribution in [-0.4, -0.2) is 28.5 Å². The fourth-order valence-corrected chi connectivity index (χ4v) is 1.22. The molecule has 0 N–H and O–H groups in total. The Kier molecular flexibility index (Phi) is 4.55. The molecule has 2 aromatic rings. The first-order valence-corrected chi connectivity index (χ1v) is 4.76. The van der Waals surface area contributed by atoms with E-state index in [2.05, 4.69) is 15.2 Å². The SMILES string of the molecule is O=S([O-])c1ccc(-n2ccnc2)nn1.[Na+]. The average Bonchev–Trinajstić information content (AvgIpc) is 2.71.